The average Bonchev–Trinajstić information content (AvgIpc) is 2.96. The van der Waals surface area contributed by atoms with Gasteiger partial charge in [0.2, 0.25) is 0 Å². The van der Waals surface area contributed by atoms with Gasteiger partial charge in [-0.3, -0.25) is 0 Å². The monoisotopic (exact) mass is 572 g/mol. The second-order valence-corrected chi connectivity index (χ2v) is 12.6. The van der Waals surface area contributed by atoms with E-state index in [1.165, 1.54) is 128 Å². The molecule has 0 aliphatic carbocycles. The van der Waals surface area contributed by atoms with E-state index >= 15 is 0 Å². The molecule has 0 N–H and O–H groups in total. The number of ether oxygens (including phenoxy) is 1. The molecule has 0 fully saturated rings. The van der Waals surface area contributed by atoms with Gasteiger partial charge in [-0.2, -0.15) is 0 Å². The van der Waals surface area contributed by atoms with Crippen LogP contribution in [0.5, 0.6) is 0 Å². The second kappa shape index (κ2) is 31.8. The molecule has 0 aliphatic heterocycles. The summed E-state index contributed by atoms with van der Waals surface area (Å²) < 4.78 is 6.74. The van der Waals surface area contributed by atoms with Gasteiger partial charge < -0.3 is 9.64 Å². The number of hydrogen-bond donors (Lipinski definition) is 0. The first-order chi connectivity index (χ1) is 20.0. The largest absolute Gasteiger partial charge is 0.378 e. The molecule has 0 aliphatic rings. The highest BCUT2D eigenvalue weighted by atomic mass is 16.5. The summed E-state index contributed by atoms with van der Waals surface area (Å²) in [4.78, 5) is 2.29. The molecular formula is C39H73NO. The molecule has 0 aromatic rings. The molecule has 0 rings (SSSR count). The molecule has 41 heavy (non-hydrogen) atoms. The smallest absolute Gasteiger partial charge is 0.0603 e. The highest BCUT2D eigenvalue weighted by molar-refractivity contribution is 5.02. The van der Waals surface area contributed by atoms with Crippen molar-refractivity contribution >= 4 is 0 Å². The molecule has 0 saturated heterocycles. The van der Waals surface area contributed by atoms with Crippen LogP contribution < -0.4 is 0 Å². The third-order valence-corrected chi connectivity index (χ3v) is 8.07. The van der Waals surface area contributed by atoms with Crippen LogP contribution in [0.1, 0.15) is 156 Å². The highest BCUT2D eigenvalue weighted by Crippen LogP contribution is 2.28. The molecule has 0 aromatic heterocycles. The van der Waals surface area contributed by atoms with Gasteiger partial charge in [-0.15, -0.1) is 0 Å². The van der Waals surface area contributed by atoms with Gasteiger partial charge in [-0.1, -0.05) is 108 Å². The first kappa shape index (κ1) is 39.9. The molecule has 2 nitrogen and oxygen atoms in total. The number of nitrogens with zero attached hydrogens (tertiary/aromatic N) is 1. The van der Waals surface area contributed by atoms with Crippen LogP contribution in [0.25, 0.3) is 0 Å². The van der Waals surface area contributed by atoms with Gasteiger partial charge >= 0.3 is 0 Å². The third kappa shape index (κ3) is 28.8. The third-order valence-electron chi connectivity index (χ3n) is 8.07. The zero-order valence-electron chi connectivity index (χ0n) is 28.8. The van der Waals surface area contributed by atoms with E-state index in [-0.39, 0.29) is 0 Å². The molecule has 0 amide bonds. The molecule has 2 heteroatoms. The zero-order chi connectivity index (χ0) is 30.2. The van der Waals surface area contributed by atoms with Gasteiger partial charge in [0.05, 0.1) is 6.10 Å². The molecule has 240 valence electrons. The number of hydrogen-bond acceptors (Lipinski definition) is 2. The first-order valence-electron chi connectivity index (χ1n) is 17.9. The van der Waals surface area contributed by atoms with E-state index in [9.17, 15) is 0 Å². The Bertz CT molecular complexity index is 631. The molecule has 0 spiro atoms. The summed E-state index contributed by atoms with van der Waals surface area (Å²) in [5, 5.41) is 0. The van der Waals surface area contributed by atoms with E-state index in [2.05, 4.69) is 95.3 Å². The van der Waals surface area contributed by atoms with Crippen molar-refractivity contribution in [3.05, 3.63) is 48.6 Å². The summed E-state index contributed by atoms with van der Waals surface area (Å²) in [5.41, 5.74) is 0. The molecule has 3 atom stereocenters. The van der Waals surface area contributed by atoms with Crippen LogP contribution in [-0.2, 0) is 4.74 Å². The van der Waals surface area contributed by atoms with E-state index < -0.39 is 0 Å². The maximum atomic E-state index is 6.74. The van der Waals surface area contributed by atoms with Crippen molar-refractivity contribution < 1.29 is 4.74 Å². The molecule has 0 heterocycles. The van der Waals surface area contributed by atoms with E-state index in [4.69, 9.17) is 4.74 Å². The summed E-state index contributed by atoms with van der Waals surface area (Å²) in [7, 11) is 4.34. The molecule has 0 aromatic carbocycles. The quantitative estimate of drug-likeness (QED) is 0.0483. The van der Waals surface area contributed by atoms with E-state index in [1.807, 2.05) is 0 Å². The van der Waals surface area contributed by atoms with Crippen LogP contribution in [0.3, 0.4) is 0 Å². The van der Waals surface area contributed by atoms with Crippen molar-refractivity contribution in [3.63, 3.8) is 0 Å². The highest BCUT2D eigenvalue weighted by Gasteiger charge is 2.22. The van der Waals surface area contributed by atoms with Crippen molar-refractivity contribution in [1.29, 1.82) is 0 Å². The minimum Gasteiger partial charge on any atom is -0.378 e. The van der Waals surface area contributed by atoms with Gasteiger partial charge in [0.1, 0.15) is 0 Å². The van der Waals surface area contributed by atoms with Crippen molar-refractivity contribution in [2.24, 2.45) is 11.8 Å². The maximum absolute atomic E-state index is 6.74. The Morgan fingerprint density at radius 3 is 1.83 bits per heavy atom. The van der Waals surface area contributed by atoms with Gasteiger partial charge in [0.15, 0.2) is 0 Å². The summed E-state index contributed by atoms with van der Waals surface area (Å²) in [6.07, 6.45) is 44.5. The van der Waals surface area contributed by atoms with Crippen LogP contribution in [0.15, 0.2) is 48.6 Å². The molecule has 0 bridgehead atoms. The maximum Gasteiger partial charge on any atom is 0.0603 e. The summed E-state index contributed by atoms with van der Waals surface area (Å²) in [6, 6.07) is 0. The van der Waals surface area contributed by atoms with Gasteiger partial charge in [-0.25, -0.2) is 0 Å². The first-order valence-corrected chi connectivity index (χ1v) is 17.9. The Morgan fingerprint density at radius 1 is 0.561 bits per heavy atom. The van der Waals surface area contributed by atoms with Crippen LogP contribution in [-0.4, -0.2) is 38.3 Å². The predicted molar refractivity (Wildman–Crippen MR) is 187 cm³/mol. The lowest BCUT2D eigenvalue weighted by molar-refractivity contribution is -0.00358. The Balaban J connectivity index is 5.13. The van der Waals surface area contributed by atoms with Crippen LogP contribution in [0.4, 0.5) is 0 Å². The van der Waals surface area contributed by atoms with E-state index in [1.54, 1.807) is 0 Å². The molecular weight excluding hydrogens is 498 g/mol. The summed E-state index contributed by atoms with van der Waals surface area (Å²) in [5.74, 6) is 1.33. The van der Waals surface area contributed by atoms with E-state index in [0.717, 1.165) is 13.2 Å². The average molecular weight is 572 g/mol. The van der Waals surface area contributed by atoms with Crippen molar-refractivity contribution in [2.45, 2.75) is 162 Å². The van der Waals surface area contributed by atoms with Gasteiger partial charge in [0, 0.05) is 6.61 Å². The molecule has 3 unspecified atom stereocenters. The van der Waals surface area contributed by atoms with Crippen LogP contribution in [0.2, 0.25) is 0 Å². The minimum atomic E-state index is 0.400. The predicted octanol–water partition coefficient (Wildman–Crippen LogP) is 12.3. The minimum absolute atomic E-state index is 0.400. The Labute approximate surface area is 259 Å². The summed E-state index contributed by atoms with van der Waals surface area (Å²) in [6.45, 7) is 11.3. The second-order valence-electron chi connectivity index (χ2n) is 12.6. The van der Waals surface area contributed by atoms with Crippen LogP contribution >= 0.6 is 0 Å². The van der Waals surface area contributed by atoms with Crippen molar-refractivity contribution in [2.75, 3.05) is 27.2 Å². The lowest BCUT2D eigenvalue weighted by atomic mass is 9.86. The van der Waals surface area contributed by atoms with Crippen LogP contribution in [0, 0.1) is 11.8 Å². The zero-order valence-corrected chi connectivity index (χ0v) is 28.8. The SMILES string of the molecule is CCC/C=C/C=C\CCCC(CCC(C)/C=C\CCCCC)C(CCC/C=C\CCCCC)OCCCCN(C)C. The van der Waals surface area contributed by atoms with E-state index in [0.29, 0.717) is 17.9 Å². The lowest BCUT2D eigenvalue weighted by Gasteiger charge is -2.28. The Morgan fingerprint density at radius 2 is 1.17 bits per heavy atom. The normalized spacial score (nSPS) is 14.9. The topological polar surface area (TPSA) is 12.5 Å². The fourth-order valence-electron chi connectivity index (χ4n) is 5.35. The number of allylic oxidation sites excluding steroid dienone is 8. The Kier molecular flexibility index (Phi) is 30.9. The Hall–Kier alpha value is -1.12. The van der Waals surface area contributed by atoms with Gasteiger partial charge in [-0.05, 0) is 129 Å². The van der Waals surface area contributed by atoms with Gasteiger partial charge in [0.25, 0.3) is 0 Å². The molecule has 0 saturated carbocycles. The fraction of sp³-hybridized carbons (Fsp3) is 0.795. The molecule has 0 radical (unpaired) electrons. The number of unbranched alkanes of at least 4 members (excludes halogenated alkanes) is 10. The summed E-state index contributed by atoms with van der Waals surface area (Å²) >= 11 is 0. The van der Waals surface area contributed by atoms with Crippen molar-refractivity contribution in [1.82, 2.24) is 4.90 Å². The standard InChI is InChI=1S/C39H73NO/c1-7-10-13-16-18-20-23-26-31-38(34-33-37(4)30-25-22-15-12-9-3)39(41-36-29-28-35-40(5)6)32-27-24-21-19-17-14-11-8-2/h13,16,18-21,25,30,37-39H,7-12,14-15,17,22-24,26-29,31-36H2,1-6H3/b16-13+,20-18-,21-19-,30-25-. The van der Waals surface area contributed by atoms with Crippen molar-refractivity contribution in [3.8, 4) is 0 Å². The lowest BCUT2D eigenvalue weighted by Crippen LogP contribution is -2.26. The number of rotatable bonds is 30. The fourth-order valence-corrected chi connectivity index (χ4v) is 5.35.